The molecule has 0 saturated carbocycles. The third-order valence-electron chi connectivity index (χ3n) is 4.05. The van der Waals surface area contributed by atoms with E-state index in [-0.39, 0.29) is 6.04 Å². The summed E-state index contributed by atoms with van der Waals surface area (Å²) in [4.78, 5) is 0. The standard InChI is InChI=1S/C18H20BrNO/c1-12-4-2-3-5-13(12)10-17(20)11-15-9-16(19)8-14-6-7-21-18(14)15/h2-5,8-9,17H,6-7,10-11,20H2,1H3. The molecule has 21 heavy (non-hydrogen) atoms. The Morgan fingerprint density at radius 2 is 1.95 bits per heavy atom. The summed E-state index contributed by atoms with van der Waals surface area (Å²) in [5, 5.41) is 0. The molecule has 1 aliphatic rings. The first kappa shape index (κ1) is 14.6. The lowest BCUT2D eigenvalue weighted by molar-refractivity contribution is 0.352. The molecule has 0 aliphatic carbocycles. The fourth-order valence-electron chi connectivity index (χ4n) is 2.97. The third-order valence-corrected chi connectivity index (χ3v) is 4.51. The molecule has 0 fully saturated rings. The molecular formula is C18H20BrNO. The molecule has 0 spiro atoms. The van der Waals surface area contributed by atoms with Crippen molar-refractivity contribution in [2.24, 2.45) is 5.73 Å². The largest absolute Gasteiger partial charge is 0.493 e. The van der Waals surface area contributed by atoms with Crippen LogP contribution < -0.4 is 10.5 Å². The minimum atomic E-state index is 0.105. The summed E-state index contributed by atoms with van der Waals surface area (Å²) in [5.41, 5.74) is 11.5. The van der Waals surface area contributed by atoms with E-state index in [4.69, 9.17) is 10.5 Å². The van der Waals surface area contributed by atoms with E-state index in [1.807, 2.05) is 0 Å². The van der Waals surface area contributed by atoms with Gasteiger partial charge in [-0.1, -0.05) is 40.2 Å². The maximum Gasteiger partial charge on any atom is 0.125 e. The van der Waals surface area contributed by atoms with Crippen LogP contribution in [0.15, 0.2) is 40.9 Å². The van der Waals surface area contributed by atoms with Crippen molar-refractivity contribution >= 4 is 15.9 Å². The number of ether oxygens (including phenoxy) is 1. The van der Waals surface area contributed by atoms with Crippen LogP contribution in [0, 0.1) is 6.92 Å². The molecule has 0 bridgehead atoms. The monoisotopic (exact) mass is 345 g/mol. The van der Waals surface area contributed by atoms with Gasteiger partial charge in [0.15, 0.2) is 0 Å². The van der Waals surface area contributed by atoms with E-state index in [2.05, 4.69) is 59.3 Å². The van der Waals surface area contributed by atoms with E-state index >= 15 is 0 Å². The molecule has 0 saturated heterocycles. The van der Waals surface area contributed by atoms with Crippen molar-refractivity contribution < 1.29 is 4.74 Å². The van der Waals surface area contributed by atoms with Gasteiger partial charge in [-0.2, -0.15) is 0 Å². The van der Waals surface area contributed by atoms with E-state index < -0.39 is 0 Å². The summed E-state index contributed by atoms with van der Waals surface area (Å²) in [7, 11) is 0. The summed E-state index contributed by atoms with van der Waals surface area (Å²) in [5.74, 6) is 1.05. The molecule has 1 unspecified atom stereocenters. The average molecular weight is 346 g/mol. The molecule has 0 aromatic heterocycles. The molecule has 1 atom stereocenters. The molecule has 2 aromatic carbocycles. The second-order valence-electron chi connectivity index (χ2n) is 5.75. The first-order valence-corrected chi connectivity index (χ1v) is 8.17. The van der Waals surface area contributed by atoms with Gasteiger partial charge in [-0.3, -0.25) is 0 Å². The van der Waals surface area contributed by atoms with Crippen molar-refractivity contribution in [2.75, 3.05) is 6.61 Å². The first-order valence-electron chi connectivity index (χ1n) is 7.37. The predicted molar refractivity (Wildman–Crippen MR) is 89.9 cm³/mol. The van der Waals surface area contributed by atoms with Crippen molar-refractivity contribution in [1.82, 2.24) is 0 Å². The molecule has 3 rings (SSSR count). The molecule has 1 heterocycles. The lowest BCUT2D eigenvalue weighted by atomic mass is 9.95. The summed E-state index contributed by atoms with van der Waals surface area (Å²) in [6.45, 7) is 2.92. The zero-order valence-corrected chi connectivity index (χ0v) is 13.8. The van der Waals surface area contributed by atoms with Gasteiger partial charge in [0, 0.05) is 16.9 Å². The number of hydrogen-bond acceptors (Lipinski definition) is 2. The van der Waals surface area contributed by atoms with Gasteiger partial charge in [0.25, 0.3) is 0 Å². The normalized spacial score (nSPS) is 14.6. The molecule has 110 valence electrons. The number of halogens is 1. The lowest BCUT2D eigenvalue weighted by Crippen LogP contribution is -2.26. The van der Waals surface area contributed by atoms with Crippen LogP contribution in [0.25, 0.3) is 0 Å². The molecule has 2 nitrogen and oxygen atoms in total. The second-order valence-corrected chi connectivity index (χ2v) is 6.66. The Balaban J connectivity index is 1.77. The topological polar surface area (TPSA) is 35.2 Å². The van der Waals surface area contributed by atoms with Crippen LogP contribution in [0.5, 0.6) is 5.75 Å². The molecule has 0 amide bonds. The summed E-state index contributed by atoms with van der Waals surface area (Å²) >= 11 is 3.59. The van der Waals surface area contributed by atoms with E-state index in [1.165, 1.54) is 22.3 Å². The Bertz CT molecular complexity index is 654. The highest BCUT2D eigenvalue weighted by atomic mass is 79.9. The van der Waals surface area contributed by atoms with Crippen LogP contribution in [0.2, 0.25) is 0 Å². The Morgan fingerprint density at radius 1 is 1.19 bits per heavy atom. The number of benzene rings is 2. The highest BCUT2D eigenvalue weighted by molar-refractivity contribution is 9.10. The van der Waals surface area contributed by atoms with Crippen molar-refractivity contribution in [3.63, 3.8) is 0 Å². The first-order chi connectivity index (χ1) is 10.1. The van der Waals surface area contributed by atoms with Gasteiger partial charge in [0.2, 0.25) is 0 Å². The van der Waals surface area contributed by atoms with Gasteiger partial charge < -0.3 is 10.5 Å². The van der Waals surface area contributed by atoms with Gasteiger partial charge >= 0.3 is 0 Å². The van der Waals surface area contributed by atoms with Crippen LogP contribution in [0.3, 0.4) is 0 Å². The molecular weight excluding hydrogens is 326 g/mol. The van der Waals surface area contributed by atoms with E-state index in [1.54, 1.807) is 0 Å². The van der Waals surface area contributed by atoms with E-state index in [0.717, 1.165) is 36.1 Å². The van der Waals surface area contributed by atoms with Gasteiger partial charge in [0.1, 0.15) is 5.75 Å². The fourth-order valence-corrected chi connectivity index (χ4v) is 3.53. The maximum absolute atomic E-state index is 6.38. The SMILES string of the molecule is Cc1ccccc1CC(N)Cc1cc(Br)cc2c1OCC2. The summed E-state index contributed by atoms with van der Waals surface area (Å²) in [6.07, 6.45) is 2.73. The minimum absolute atomic E-state index is 0.105. The van der Waals surface area contributed by atoms with Crippen LogP contribution in [0.4, 0.5) is 0 Å². The molecule has 0 radical (unpaired) electrons. The molecule has 1 aliphatic heterocycles. The van der Waals surface area contributed by atoms with Gasteiger partial charge in [0.05, 0.1) is 6.61 Å². The van der Waals surface area contributed by atoms with Gasteiger partial charge in [-0.15, -0.1) is 0 Å². The zero-order chi connectivity index (χ0) is 14.8. The number of fused-ring (bicyclic) bond motifs is 1. The number of rotatable bonds is 4. The predicted octanol–water partition coefficient (Wildman–Crippen LogP) is 3.80. The van der Waals surface area contributed by atoms with Crippen LogP contribution in [-0.4, -0.2) is 12.6 Å². The Morgan fingerprint density at radius 3 is 2.76 bits per heavy atom. The number of nitrogens with two attached hydrogens (primary N) is 1. The van der Waals surface area contributed by atoms with Crippen molar-refractivity contribution in [3.8, 4) is 5.75 Å². The highest BCUT2D eigenvalue weighted by Gasteiger charge is 2.19. The maximum atomic E-state index is 6.38. The number of aryl methyl sites for hydroxylation is 1. The van der Waals surface area contributed by atoms with Gasteiger partial charge in [-0.05, 0) is 54.2 Å². The number of hydrogen-bond donors (Lipinski definition) is 1. The Labute approximate surface area is 134 Å². The van der Waals surface area contributed by atoms with Crippen molar-refractivity contribution in [2.45, 2.75) is 32.2 Å². The smallest absolute Gasteiger partial charge is 0.125 e. The lowest BCUT2D eigenvalue weighted by Gasteiger charge is -2.16. The quantitative estimate of drug-likeness (QED) is 0.914. The second kappa shape index (κ2) is 6.20. The van der Waals surface area contributed by atoms with Gasteiger partial charge in [-0.25, -0.2) is 0 Å². The summed E-state index contributed by atoms with van der Waals surface area (Å²) < 4.78 is 6.90. The minimum Gasteiger partial charge on any atom is -0.493 e. The Hall–Kier alpha value is -1.32. The average Bonchev–Trinajstić information content (AvgIpc) is 2.89. The van der Waals surface area contributed by atoms with E-state index in [9.17, 15) is 0 Å². The van der Waals surface area contributed by atoms with E-state index in [0.29, 0.717) is 0 Å². The van der Waals surface area contributed by atoms with Crippen LogP contribution in [0.1, 0.15) is 22.3 Å². The van der Waals surface area contributed by atoms with Crippen LogP contribution >= 0.6 is 15.9 Å². The highest BCUT2D eigenvalue weighted by Crippen LogP contribution is 2.33. The van der Waals surface area contributed by atoms with Crippen LogP contribution in [-0.2, 0) is 19.3 Å². The molecule has 3 heteroatoms. The molecule has 2 aromatic rings. The Kier molecular flexibility index (Phi) is 4.32. The van der Waals surface area contributed by atoms with Crippen molar-refractivity contribution in [3.05, 3.63) is 63.1 Å². The molecule has 2 N–H and O–H groups in total. The fraction of sp³-hybridized carbons (Fsp3) is 0.333. The summed E-state index contributed by atoms with van der Waals surface area (Å²) in [6, 6.07) is 12.8. The van der Waals surface area contributed by atoms with Crippen molar-refractivity contribution in [1.29, 1.82) is 0 Å². The zero-order valence-electron chi connectivity index (χ0n) is 12.2. The third kappa shape index (κ3) is 3.30.